The molecule has 1 fully saturated rings. The van der Waals surface area contributed by atoms with Gasteiger partial charge in [-0.1, -0.05) is 18.9 Å². The molecular formula is C22H26N2O3. The number of hydrogen-bond donors (Lipinski definition) is 2. The number of ether oxygens (including phenoxy) is 2. The van der Waals surface area contributed by atoms with Gasteiger partial charge in [0.15, 0.2) is 11.5 Å². The zero-order chi connectivity index (χ0) is 18.5. The van der Waals surface area contributed by atoms with Crippen molar-refractivity contribution < 1.29 is 14.3 Å². The van der Waals surface area contributed by atoms with Gasteiger partial charge in [-0.3, -0.25) is 4.79 Å². The maximum Gasteiger partial charge on any atom is 0.228 e. The standard InChI is InChI=1S/C22H26N2O3/c25-22(14-17-5-10-20-21(13-17)27-12-11-26-20)24-19-8-6-18(7-9-19)23-15-16-3-1-2-4-16/h5-10,13,16,23H,1-4,11-12,14-15H2,(H,24,25). The Morgan fingerprint density at radius 1 is 0.926 bits per heavy atom. The molecule has 5 nitrogen and oxygen atoms in total. The van der Waals surface area contributed by atoms with Crippen LogP contribution in [0.4, 0.5) is 11.4 Å². The molecule has 1 heterocycles. The second kappa shape index (κ2) is 8.33. The van der Waals surface area contributed by atoms with Crippen molar-refractivity contribution in [1.82, 2.24) is 0 Å². The van der Waals surface area contributed by atoms with Gasteiger partial charge >= 0.3 is 0 Å². The van der Waals surface area contributed by atoms with Gasteiger partial charge in [-0.15, -0.1) is 0 Å². The predicted octanol–water partition coefficient (Wildman–Crippen LogP) is 4.24. The molecule has 1 saturated carbocycles. The van der Waals surface area contributed by atoms with Crippen molar-refractivity contribution in [3.63, 3.8) is 0 Å². The lowest BCUT2D eigenvalue weighted by Gasteiger charge is -2.18. The zero-order valence-corrected chi connectivity index (χ0v) is 15.5. The molecule has 27 heavy (non-hydrogen) atoms. The van der Waals surface area contributed by atoms with Crippen LogP contribution in [0.25, 0.3) is 0 Å². The Morgan fingerprint density at radius 3 is 2.41 bits per heavy atom. The lowest BCUT2D eigenvalue weighted by atomic mass is 10.1. The highest BCUT2D eigenvalue weighted by Crippen LogP contribution is 2.31. The molecular weight excluding hydrogens is 340 g/mol. The summed E-state index contributed by atoms with van der Waals surface area (Å²) in [6, 6.07) is 13.6. The molecule has 0 aromatic heterocycles. The van der Waals surface area contributed by atoms with E-state index in [0.717, 1.165) is 35.2 Å². The molecule has 0 spiro atoms. The van der Waals surface area contributed by atoms with Crippen LogP contribution in [-0.4, -0.2) is 25.7 Å². The van der Waals surface area contributed by atoms with Crippen LogP contribution in [0, 0.1) is 5.92 Å². The average Bonchev–Trinajstić information content (AvgIpc) is 3.21. The van der Waals surface area contributed by atoms with Crippen molar-refractivity contribution in [2.24, 2.45) is 5.92 Å². The molecule has 142 valence electrons. The smallest absolute Gasteiger partial charge is 0.228 e. The summed E-state index contributed by atoms with van der Waals surface area (Å²) < 4.78 is 11.1. The quantitative estimate of drug-likeness (QED) is 0.803. The van der Waals surface area contributed by atoms with Crippen molar-refractivity contribution in [3.05, 3.63) is 48.0 Å². The lowest BCUT2D eigenvalue weighted by molar-refractivity contribution is -0.115. The number of nitrogens with one attached hydrogen (secondary N) is 2. The Hall–Kier alpha value is -2.69. The minimum atomic E-state index is -0.0432. The molecule has 1 amide bonds. The minimum absolute atomic E-state index is 0.0432. The molecule has 1 aliphatic heterocycles. The van der Waals surface area contributed by atoms with Gasteiger partial charge in [0.1, 0.15) is 13.2 Å². The van der Waals surface area contributed by atoms with Gasteiger partial charge in [-0.25, -0.2) is 0 Å². The Morgan fingerprint density at radius 2 is 1.63 bits per heavy atom. The van der Waals surface area contributed by atoms with E-state index in [4.69, 9.17) is 9.47 Å². The van der Waals surface area contributed by atoms with Gasteiger partial charge in [0.05, 0.1) is 6.42 Å². The monoisotopic (exact) mass is 366 g/mol. The summed E-state index contributed by atoms with van der Waals surface area (Å²) >= 11 is 0. The van der Waals surface area contributed by atoms with Crippen LogP contribution < -0.4 is 20.1 Å². The highest BCUT2D eigenvalue weighted by Gasteiger charge is 2.15. The molecule has 1 aliphatic carbocycles. The van der Waals surface area contributed by atoms with E-state index in [1.165, 1.54) is 25.7 Å². The second-order valence-corrected chi connectivity index (χ2v) is 7.31. The molecule has 0 radical (unpaired) electrons. The summed E-state index contributed by atoms with van der Waals surface area (Å²) in [5, 5.41) is 6.45. The third-order valence-electron chi connectivity index (χ3n) is 5.21. The minimum Gasteiger partial charge on any atom is -0.486 e. The normalized spacial score (nSPS) is 16.1. The number of amides is 1. The Bertz CT molecular complexity index is 783. The van der Waals surface area contributed by atoms with Crippen molar-refractivity contribution >= 4 is 17.3 Å². The summed E-state index contributed by atoms with van der Waals surface area (Å²) in [7, 11) is 0. The van der Waals surface area contributed by atoms with E-state index in [1.54, 1.807) is 0 Å². The number of anilines is 2. The SMILES string of the molecule is O=C(Cc1ccc2c(c1)OCCO2)Nc1ccc(NCC2CCCC2)cc1. The highest BCUT2D eigenvalue weighted by molar-refractivity contribution is 5.92. The molecule has 2 N–H and O–H groups in total. The maximum atomic E-state index is 12.3. The molecule has 0 saturated heterocycles. The molecule has 2 aliphatic rings. The average molecular weight is 366 g/mol. The first-order valence-electron chi connectivity index (χ1n) is 9.78. The van der Waals surface area contributed by atoms with E-state index >= 15 is 0 Å². The fourth-order valence-electron chi connectivity index (χ4n) is 3.74. The van der Waals surface area contributed by atoms with E-state index in [1.807, 2.05) is 42.5 Å². The third kappa shape index (κ3) is 4.73. The lowest BCUT2D eigenvalue weighted by Crippen LogP contribution is -2.17. The van der Waals surface area contributed by atoms with Gasteiger partial charge in [0.2, 0.25) is 5.91 Å². The summed E-state index contributed by atoms with van der Waals surface area (Å²) in [5.74, 6) is 2.21. The van der Waals surface area contributed by atoms with Gasteiger partial charge < -0.3 is 20.1 Å². The number of fused-ring (bicyclic) bond motifs is 1. The van der Waals surface area contributed by atoms with Crippen LogP contribution in [0.2, 0.25) is 0 Å². The third-order valence-corrected chi connectivity index (χ3v) is 5.21. The Balaban J connectivity index is 1.28. The maximum absolute atomic E-state index is 12.3. The predicted molar refractivity (Wildman–Crippen MR) is 107 cm³/mol. The molecule has 0 atom stereocenters. The second-order valence-electron chi connectivity index (χ2n) is 7.31. The van der Waals surface area contributed by atoms with Crippen LogP contribution in [0.15, 0.2) is 42.5 Å². The van der Waals surface area contributed by atoms with Crippen LogP contribution in [0.3, 0.4) is 0 Å². The van der Waals surface area contributed by atoms with Crippen molar-refractivity contribution in [1.29, 1.82) is 0 Å². The van der Waals surface area contributed by atoms with Gasteiger partial charge in [0.25, 0.3) is 0 Å². The van der Waals surface area contributed by atoms with Crippen LogP contribution >= 0.6 is 0 Å². The number of hydrogen-bond acceptors (Lipinski definition) is 4. The van der Waals surface area contributed by atoms with Crippen molar-refractivity contribution in [2.75, 3.05) is 30.4 Å². The van der Waals surface area contributed by atoms with Crippen LogP contribution in [0.5, 0.6) is 11.5 Å². The van der Waals surface area contributed by atoms with Crippen LogP contribution in [0.1, 0.15) is 31.2 Å². The first-order chi connectivity index (χ1) is 13.3. The van der Waals surface area contributed by atoms with E-state index in [0.29, 0.717) is 25.4 Å². The number of rotatable bonds is 6. The topological polar surface area (TPSA) is 59.6 Å². The van der Waals surface area contributed by atoms with E-state index in [9.17, 15) is 4.79 Å². The van der Waals surface area contributed by atoms with Gasteiger partial charge in [-0.2, -0.15) is 0 Å². The number of carbonyl (C=O) groups is 1. The molecule has 5 heteroatoms. The molecule has 0 bridgehead atoms. The van der Waals surface area contributed by atoms with E-state index < -0.39 is 0 Å². The van der Waals surface area contributed by atoms with Crippen molar-refractivity contribution in [2.45, 2.75) is 32.1 Å². The van der Waals surface area contributed by atoms with Gasteiger partial charge in [0, 0.05) is 17.9 Å². The largest absolute Gasteiger partial charge is 0.486 e. The summed E-state index contributed by atoms with van der Waals surface area (Å²) in [6.45, 7) is 2.15. The Labute approximate surface area is 160 Å². The first kappa shape index (κ1) is 17.7. The van der Waals surface area contributed by atoms with E-state index in [2.05, 4.69) is 10.6 Å². The fraction of sp³-hybridized carbons (Fsp3) is 0.409. The summed E-state index contributed by atoms with van der Waals surface area (Å²) in [6.07, 6.45) is 5.70. The number of benzene rings is 2. The molecule has 0 unspecified atom stereocenters. The zero-order valence-electron chi connectivity index (χ0n) is 15.5. The highest BCUT2D eigenvalue weighted by atomic mass is 16.6. The van der Waals surface area contributed by atoms with Gasteiger partial charge in [-0.05, 0) is 60.7 Å². The van der Waals surface area contributed by atoms with E-state index in [-0.39, 0.29) is 5.91 Å². The Kier molecular flexibility index (Phi) is 5.47. The summed E-state index contributed by atoms with van der Waals surface area (Å²) in [4.78, 5) is 12.3. The molecule has 2 aromatic rings. The fourth-order valence-corrected chi connectivity index (χ4v) is 3.74. The molecule has 4 rings (SSSR count). The number of carbonyl (C=O) groups excluding carboxylic acids is 1. The van der Waals surface area contributed by atoms with Crippen molar-refractivity contribution in [3.8, 4) is 11.5 Å². The molecule has 2 aromatic carbocycles. The first-order valence-corrected chi connectivity index (χ1v) is 9.78. The summed E-state index contributed by atoms with van der Waals surface area (Å²) in [5.41, 5.74) is 2.82. The van der Waals surface area contributed by atoms with Crippen LogP contribution in [-0.2, 0) is 11.2 Å².